The third-order valence-electron chi connectivity index (χ3n) is 5.50. The molecule has 0 spiro atoms. The number of anilines is 2. The van der Waals surface area contributed by atoms with E-state index in [2.05, 4.69) is 45.5 Å². The number of rotatable bonds is 4. The van der Waals surface area contributed by atoms with E-state index in [1.807, 2.05) is 30.3 Å². The van der Waals surface area contributed by atoms with Crippen LogP contribution in [0.4, 0.5) is 11.5 Å². The number of carbonyl (C=O) groups excluding carboxylic acids is 1. The predicted octanol–water partition coefficient (Wildman–Crippen LogP) is 5.30. The van der Waals surface area contributed by atoms with Crippen LogP contribution in [0.1, 0.15) is 35.3 Å². The van der Waals surface area contributed by atoms with Gasteiger partial charge in [-0.2, -0.15) is 0 Å². The number of nitrogens with one attached hydrogen (secondary N) is 1. The summed E-state index contributed by atoms with van der Waals surface area (Å²) < 4.78 is 1.18. The smallest absolute Gasteiger partial charge is 0.276 e. The molecule has 1 fully saturated rings. The average molecular weight is 430 g/mol. The molecule has 0 unspecified atom stereocenters. The fourth-order valence-electron chi connectivity index (χ4n) is 3.78. The molecule has 1 aliphatic heterocycles. The quantitative estimate of drug-likeness (QED) is 0.476. The minimum absolute atomic E-state index is 0.263. The van der Waals surface area contributed by atoms with Gasteiger partial charge in [0.1, 0.15) is 5.01 Å². The lowest BCUT2D eigenvalue weighted by Gasteiger charge is -2.27. The van der Waals surface area contributed by atoms with Crippen LogP contribution in [0.25, 0.3) is 20.8 Å². The number of nitrogens with zero attached hydrogens (tertiary/aromatic N) is 4. The summed E-state index contributed by atoms with van der Waals surface area (Å²) in [5, 5.41) is 12.3. The highest BCUT2D eigenvalue weighted by Crippen LogP contribution is 2.31. The van der Waals surface area contributed by atoms with E-state index in [1.54, 1.807) is 17.4 Å². The second-order valence-electron chi connectivity index (χ2n) is 7.85. The minimum Gasteiger partial charge on any atom is -0.355 e. The number of carbonyl (C=O) groups is 1. The molecule has 0 aliphatic carbocycles. The van der Waals surface area contributed by atoms with Gasteiger partial charge in [0.05, 0.1) is 10.2 Å². The summed E-state index contributed by atoms with van der Waals surface area (Å²) in [5.74, 6) is 0.576. The van der Waals surface area contributed by atoms with Gasteiger partial charge in [0, 0.05) is 24.3 Å². The zero-order chi connectivity index (χ0) is 21.2. The normalized spacial score (nSPS) is 14.0. The number of piperidine rings is 1. The zero-order valence-electron chi connectivity index (χ0n) is 17.3. The number of fused-ring (bicyclic) bond motifs is 1. The summed E-state index contributed by atoms with van der Waals surface area (Å²) in [7, 11) is 0. The Morgan fingerprint density at radius 3 is 2.52 bits per heavy atom. The number of hydrogen-bond acceptors (Lipinski definition) is 6. The molecule has 1 N–H and O–H groups in total. The molecule has 3 heterocycles. The molecule has 2 aromatic heterocycles. The summed E-state index contributed by atoms with van der Waals surface area (Å²) in [5.41, 5.74) is 4.30. The van der Waals surface area contributed by atoms with E-state index in [0.717, 1.165) is 35.0 Å². The van der Waals surface area contributed by atoms with Crippen molar-refractivity contribution in [1.29, 1.82) is 0 Å². The van der Waals surface area contributed by atoms with Crippen molar-refractivity contribution < 1.29 is 4.79 Å². The fourth-order valence-corrected chi connectivity index (χ4v) is 4.85. The first-order valence-corrected chi connectivity index (χ1v) is 11.3. The number of benzene rings is 2. The molecule has 5 rings (SSSR count). The Bertz CT molecular complexity index is 1210. The van der Waals surface area contributed by atoms with Crippen LogP contribution in [-0.4, -0.2) is 34.2 Å². The van der Waals surface area contributed by atoms with Gasteiger partial charge >= 0.3 is 0 Å². The molecule has 0 bridgehead atoms. The molecule has 31 heavy (non-hydrogen) atoms. The molecule has 2 aromatic carbocycles. The molecular formula is C24H23N5OS. The Morgan fingerprint density at radius 2 is 1.77 bits per heavy atom. The topological polar surface area (TPSA) is 71.0 Å². The largest absolute Gasteiger partial charge is 0.355 e. The van der Waals surface area contributed by atoms with Gasteiger partial charge in [0.25, 0.3) is 5.91 Å². The molecule has 6 nitrogen and oxygen atoms in total. The highest BCUT2D eigenvalue weighted by Gasteiger charge is 2.15. The van der Waals surface area contributed by atoms with Crippen molar-refractivity contribution in [2.75, 3.05) is 23.3 Å². The highest BCUT2D eigenvalue weighted by atomic mass is 32.1. The minimum atomic E-state index is -0.263. The number of amides is 1. The van der Waals surface area contributed by atoms with Crippen molar-refractivity contribution in [2.45, 2.75) is 26.2 Å². The first kappa shape index (κ1) is 19.6. The van der Waals surface area contributed by atoms with E-state index in [4.69, 9.17) is 4.98 Å². The summed E-state index contributed by atoms with van der Waals surface area (Å²) in [6.07, 6.45) is 3.62. The van der Waals surface area contributed by atoms with Crippen LogP contribution >= 0.6 is 11.3 Å². The lowest BCUT2D eigenvalue weighted by atomic mass is 10.1. The third-order valence-corrected chi connectivity index (χ3v) is 6.56. The molecule has 7 heteroatoms. The van der Waals surface area contributed by atoms with Crippen molar-refractivity contribution in [1.82, 2.24) is 15.2 Å². The van der Waals surface area contributed by atoms with Gasteiger partial charge in [0.2, 0.25) is 0 Å². The number of aryl methyl sites for hydroxylation is 1. The maximum absolute atomic E-state index is 12.6. The maximum Gasteiger partial charge on any atom is 0.276 e. The maximum atomic E-state index is 12.6. The lowest BCUT2D eigenvalue weighted by molar-refractivity contribution is 0.102. The van der Waals surface area contributed by atoms with Crippen LogP contribution in [0.15, 0.2) is 54.6 Å². The summed E-state index contributed by atoms with van der Waals surface area (Å²) in [6.45, 7) is 4.09. The average Bonchev–Trinajstić information content (AvgIpc) is 3.23. The monoisotopic (exact) mass is 429 g/mol. The highest BCUT2D eigenvalue weighted by molar-refractivity contribution is 7.21. The van der Waals surface area contributed by atoms with E-state index in [0.29, 0.717) is 11.4 Å². The van der Waals surface area contributed by atoms with Crippen LogP contribution in [0.5, 0.6) is 0 Å². The van der Waals surface area contributed by atoms with Gasteiger partial charge in [-0.15, -0.1) is 21.5 Å². The standard InChI is InChI=1S/C24H23N5OS/c1-16-5-10-19-21(15-16)31-24(26-19)17-6-8-18(9-7-17)25-23(30)20-11-12-22(28-27-20)29-13-3-2-4-14-29/h5-12,15H,2-4,13-14H2,1H3,(H,25,30). The molecule has 0 radical (unpaired) electrons. The summed E-state index contributed by atoms with van der Waals surface area (Å²) in [4.78, 5) is 19.5. The van der Waals surface area contributed by atoms with Crippen LogP contribution in [0.2, 0.25) is 0 Å². The Kier molecular flexibility index (Phi) is 5.34. The molecular weight excluding hydrogens is 406 g/mol. The third kappa shape index (κ3) is 4.27. The van der Waals surface area contributed by atoms with Crippen molar-refractivity contribution in [3.63, 3.8) is 0 Å². The Labute approximate surface area is 185 Å². The Hall–Kier alpha value is -3.32. The second kappa shape index (κ2) is 8.43. The molecule has 0 atom stereocenters. The van der Waals surface area contributed by atoms with Crippen LogP contribution < -0.4 is 10.2 Å². The van der Waals surface area contributed by atoms with Crippen molar-refractivity contribution in [2.24, 2.45) is 0 Å². The van der Waals surface area contributed by atoms with Gasteiger partial charge in [-0.05, 0) is 80.3 Å². The summed E-state index contributed by atoms with van der Waals surface area (Å²) >= 11 is 1.67. The lowest BCUT2D eigenvalue weighted by Crippen LogP contribution is -2.30. The van der Waals surface area contributed by atoms with Crippen LogP contribution in [-0.2, 0) is 0 Å². The van der Waals surface area contributed by atoms with E-state index in [1.165, 1.54) is 29.5 Å². The van der Waals surface area contributed by atoms with Gasteiger partial charge in [0.15, 0.2) is 11.5 Å². The van der Waals surface area contributed by atoms with E-state index >= 15 is 0 Å². The fraction of sp³-hybridized carbons (Fsp3) is 0.250. The van der Waals surface area contributed by atoms with Crippen molar-refractivity contribution >= 4 is 39.0 Å². The van der Waals surface area contributed by atoms with Gasteiger partial charge in [-0.1, -0.05) is 6.07 Å². The van der Waals surface area contributed by atoms with Crippen molar-refractivity contribution in [3.05, 3.63) is 65.9 Å². The molecule has 1 aliphatic rings. The molecule has 1 saturated heterocycles. The Balaban J connectivity index is 1.27. The first-order valence-electron chi connectivity index (χ1n) is 10.5. The predicted molar refractivity (Wildman–Crippen MR) is 126 cm³/mol. The van der Waals surface area contributed by atoms with E-state index < -0.39 is 0 Å². The molecule has 1 amide bonds. The van der Waals surface area contributed by atoms with Gasteiger partial charge < -0.3 is 10.2 Å². The second-order valence-corrected chi connectivity index (χ2v) is 8.88. The Morgan fingerprint density at radius 1 is 0.968 bits per heavy atom. The van der Waals surface area contributed by atoms with Crippen LogP contribution in [0.3, 0.4) is 0 Å². The van der Waals surface area contributed by atoms with E-state index in [9.17, 15) is 4.79 Å². The SMILES string of the molecule is Cc1ccc2nc(-c3ccc(NC(=O)c4ccc(N5CCCCC5)nn4)cc3)sc2c1. The zero-order valence-corrected chi connectivity index (χ0v) is 18.2. The van der Waals surface area contributed by atoms with Crippen LogP contribution in [0, 0.1) is 6.92 Å². The molecule has 4 aromatic rings. The molecule has 156 valence electrons. The van der Waals surface area contributed by atoms with E-state index in [-0.39, 0.29) is 5.91 Å². The van der Waals surface area contributed by atoms with Gasteiger partial charge in [-0.25, -0.2) is 4.98 Å². The number of hydrogen-bond donors (Lipinski definition) is 1. The summed E-state index contributed by atoms with van der Waals surface area (Å²) in [6, 6.07) is 17.6. The molecule has 0 saturated carbocycles. The van der Waals surface area contributed by atoms with Gasteiger partial charge in [-0.3, -0.25) is 4.79 Å². The van der Waals surface area contributed by atoms with Crippen molar-refractivity contribution in [3.8, 4) is 10.6 Å². The number of aromatic nitrogens is 3. The first-order chi connectivity index (χ1) is 15.2. The number of thiazole rings is 1.